The lowest BCUT2D eigenvalue weighted by atomic mass is 9.94. The lowest BCUT2D eigenvalue weighted by molar-refractivity contribution is -0.140. The van der Waals surface area contributed by atoms with Gasteiger partial charge < -0.3 is 20.0 Å². The fraction of sp³-hybridized carbons (Fsp3) is 0.487. The van der Waals surface area contributed by atoms with E-state index >= 15 is 0 Å². The van der Waals surface area contributed by atoms with Crippen LogP contribution in [-0.2, 0) is 20.8 Å². The number of likely N-dealkylation sites (tertiary alicyclic amines) is 2. The van der Waals surface area contributed by atoms with Crippen molar-refractivity contribution in [1.82, 2.24) is 24.9 Å². The van der Waals surface area contributed by atoms with Crippen molar-refractivity contribution >= 4 is 58.2 Å². The molecule has 3 saturated heterocycles. The van der Waals surface area contributed by atoms with Crippen LogP contribution >= 0.6 is 34.5 Å². The van der Waals surface area contributed by atoms with Gasteiger partial charge in [-0.3, -0.25) is 24.1 Å². The number of benzene rings is 2. The summed E-state index contributed by atoms with van der Waals surface area (Å²) in [4.78, 5) is 63.5. The Morgan fingerprint density at radius 3 is 2.27 bits per heavy atom. The Labute approximate surface area is 314 Å². The van der Waals surface area contributed by atoms with Crippen molar-refractivity contribution in [2.75, 3.05) is 39.3 Å². The van der Waals surface area contributed by atoms with Crippen molar-refractivity contribution in [3.63, 3.8) is 0 Å². The molecule has 4 heterocycles. The Bertz CT molecular complexity index is 1770. The van der Waals surface area contributed by atoms with Crippen LogP contribution in [0.5, 0.6) is 0 Å². The van der Waals surface area contributed by atoms with Gasteiger partial charge in [-0.25, -0.2) is 0 Å². The zero-order valence-electron chi connectivity index (χ0n) is 30.0. The van der Waals surface area contributed by atoms with E-state index < -0.39 is 11.5 Å². The molecule has 0 saturated carbocycles. The molecule has 0 unspecified atom stereocenters. The number of thiophene rings is 1. The third kappa shape index (κ3) is 8.46. The van der Waals surface area contributed by atoms with Crippen LogP contribution in [-0.4, -0.2) is 101 Å². The van der Waals surface area contributed by atoms with Crippen LogP contribution in [0.3, 0.4) is 0 Å². The number of fused-ring (bicyclic) bond motifs is 2. The first-order valence-electron chi connectivity index (χ1n) is 17.7. The number of halogens is 2. The highest BCUT2D eigenvalue weighted by atomic mass is 35.5. The van der Waals surface area contributed by atoms with E-state index in [0.29, 0.717) is 67.7 Å². The molecule has 0 spiro atoms. The van der Waals surface area contributed by atoms with E-state index in [1.54, 1.807) is 23.5 Å². The normalized spacial score (nSPS) is 21.2. The van der Waals surface area contributed by atoms with Crippen molar-refractivity contribution in [2.24, 2.45) is 5.41 Å². The number of hydrogen-bond acceptors (Lipinski definition) is 6. The second kappa shape index (κ2) is 15.3. The molecule has 4 atom stereocenters. The van der Waals surface area contributed by atoms with E-state index in [-0.39, 0.29) is 41.8 Å². The molecule has 12 heteroatoms. The van der Waals surface area contributed by atoms with Gasteiger partial charge in [-0.15, -0.1) is 11.3 Å². The molecule has 3 aliphatic heterocycles. The zero-order chi connectivity index (χ0) is 36.6. The van der Waals surface area contributed by atoms with Gasteiger partial charge in [0, 0.05) is 80.0 Å². The molecule has 6 rings (SSSR count). The molecule has 1 N–H and O–H groups in total. The number of rotatable bonds is 9. The van der Waals surface area contributed by atoms with Crippen molar-refractivity contribution in [3.8, 4) is 0 Å². The minimum absolute atomic E-state index is 0.0150. The van der Waals surface area contributed by atoms with Gasteiger partial charge in [-0.1, -0.05) is 73.3 Å². The van der Waals surface area contributed by atoms with Crippen LogP contribution in [0.25, 0.3) is 0 Å². The van der Waals surface area contributed by atoms with E-state index in [1.807, 2.05) is 91.1 Å². The maximum atomic E-state index is 14.0. The van der Waals surface area contributed by atoms with Crippen LogP contribution in [0.2, 0.25) is 10.0 Å². The molecule has 3 aliphatic rings. The average molecular weight is 753 g/mol. The largest absolute Gasteiger partial charge is 0.343 e. The summed E-state index contributed by atoms with van der Waals surface area (Å²) < 4.78 is 0. The van der Waals surface area contributed by atoms with E-state index in [9.17, 15) is 19.2 Å². The Kier molecular flexibility index (Phi) is 11.2. The van der Waals surface area contributed by atoms with Crippen LogP contribution in [0, 0.1) is 19.3 Å². The quantitative estimate of drug-likeness (QED) is 0.284. The molecule has 1 aromatic heterocycles. The number of hydrogen-bond donors (Lipinski definition) is 1. The highest BCUT2D eigenvalue weighted by Crippen LogP contribution is 2.34. The number of carbonyl (C=O) groups is 4. The fourth-order valence-corrected chi connectivity index (χ4v) is 8.69. The molecule has 3 fully saturated rings. The minimum atomic E-state index is -0.622. The van der Waals surface area contributed by atoms with Gasteiger partial charge in [-0.2, -0.15) is 0 Å². The predicted molar refractivity (Wildman–Crippen MR) is 202 cm³/mol. The molecule has 2 aromatic carbocycles. The van der Waals surface area contributed by atoms with E-state index in [1.165, 1.54) is 0 Å². The predicted octanol–water partition coefficient (Wildman–Crippen LogP) is 6.15. The summed E-state index contributed by atoms with van der Waals surface area (Å²) in [5.41, 5.74) is 2.93. The first kappa shape index (κ1) is 37.3. The van der Waals surface area contributed by atoms with Gasteiger partial charge >= 0.3 is 0 Å². The van der Waals surface area contributed by atoms with Gasteiger partial charge in [0.05, 0.1) is 16.1 Å². The summed E-state index contributed by atoms with van der Waals surface area (Å²) in [6.45, 7) is 12.6. The van der Waals surface area contributed by atoms with E-state index in [0.717, 1.165) is 28.0 Å². The molecule has 0 radical (unpaired) electrons. The monoisotopic (exact) mass is 751 g/mol. The standard InChI is InChI=1S/C39H47Cl2N5O4S/c1-24-15-25(2)17-27(16-24)36(48)44-12-13-45(34(23-44)26-8-9-31(40)32(41)18-26)35(47)10-11-43-21-29-19-28(43)22-46(29)37(49)33(20-30-7-6-14-51-30)42-38(50)39(3,4)5/h6-9,14-18,28-29,33-34H,10-13,19-23H2,1-5H3,(H,42,50)/t28-,29-,33+,34+/m1/s1. The fourth-order valence-electron chi connectivity index (χ4n) is 7.63. The average Bonchev–Trinajstić information content (AvgIpc) is 3.85. The number of nitrogens with zero attached hydrogens (tertiary/aromatic N) is 4. The van der Waals surface area contributed by atoms with Crippen molar-refractivity contribution in [1.29, 1.82) is 0 Å². The molecule has 2 bridgehead atoms. The number of piperazine rings is 2. The summed E-state index contributed by atoms with van der Waals surface area (Å²) in [5.74, 6) is -0.221. The van der Waals surface area contributed by atoms with Gasteiger partial charge in [0.1, 0.15) is 6.04 Å². The van der Waals surface area contributed by atoms with Gasteiger partial charge in [-0.05, 0) is 61.5 Å². The van der Waals surface area contributed by atoms with Gasteiger partial charge in [0.15, 0.2) is 0 Å². The third-order valence-corrected chi connectivity index (χ3v) is 11.9. The zero-order valence-corrected chi connectivity index (χ0v) is 32.3. The second-order valence-electron chi connectivity index (χ2n) is 15.2. The lowest BCUT2D eigenvalue weighted by Gasteiger charge is -2.42. The topological polar surface area (TPSA) is 93.3 Å². The van der Waals surface area contributed by atoms with Crippen LogP contribution in [0.15, 0.2) is 53.9 Å². The molecule has 51 heavy (non-hydrogen) atoms. The summed E-state index contributed by atoms with van der Waals surface area (Å²) >= 11 is 14.3. The van der Waals surface area contributed by atoms with Crippen LogP contribution in [0.4, 0.5) is 0 Å². The first-order chi connectivity index (χ1) is 24.2. The van der Waals surface area contributed by atoms with Crippen molar-refractivity contribution < 1.29 is 19.2 Å². The number of aryl methyl sites for hydroxylation is 2. The highest BCUT2D eigenvalue weighted by molar-refractivity contribution is 7.09. The molecule has 272 valence electrons. The molecule has 4 amide bonds. The summed E-state index contributed by atoms with van der Waals surface area (Å²) in [6, 6.07) is 14.4. The van der Waals surface area contributed by atoms with Gasteiger partial charge in [0.25, 0.3) is 5.91 Å². The lowest BCUT2D eigenvalue weighted by Crippen LogP contribution is -2.57. The Hall–Kier alpha value is -3.44. The Morgan fingerprint density at radius 2 is 1.65 bits per heavy atom. The molecule has 9 nitrogen and oxygen atoms in total. The highest BCUT2D eigenvalue weighted by Gasteiger charge is 2.47. The summed E-state index contributed by atoms with van der Waals surface area (Å²) in [5, 5.41) is 5.86. The van der Waals surface area contributed by atoms with E-state index in [2.05, 4.69) is 10.2 Å². The van der Waals surface area contributed by atoms with Crippen LogP contribution in [0.1, 0.15) is 71.6 Å². The van der Waals surface area contributed by atoms with Crippen LogP contribution < -0.4 is 5.32 Å². The van der Waals surface area contributed by atoms with E-state index in [4.69, 9.17) is 23.2 Å². The minimum Gasteiger partial charge on any atom is -0.343 e. The maximum Gasteiger partial charge on any atom is 0.254 e. The number of nitrogens with one attached hydrogen (secondary N) is 1. The summed E-state index contributed by atoms with van der Waals surface area (Å²) in [6.07, 6.45) is 1.64. The Balaban J connectivity index is 1.10. The molecular formula is C39H47Cl2N5O4S. The molecule has 0 aliphatic carbocycles. The summed E-state index contributed by atoms with van der Waals surface area (Å²) in [7, 11) is 0. The van der Waals surface area contributed by atoms with Crippen molar-refractivity contribution in [3.05, 3.63) is 91.1 Å². The number of carbonyl (C=O) groups excluding carboxylic acids is 4. The SMILES string of the molecule is Cc1cc(C)cc(C(=O)N2CCN(C(=O)CCN3C[C@H]4C[C@@H]3CN4C(=O)[C@H](Cc3cccs3)NC(=O)C(C)(C)C)[C@H](c3ccc(Cl)c(Cl)c3)C2)c1. The molecular weight excluding hydrogens is 705 g/mol. The molecule has 3 aromatic rings. The third-order valence-electron chi connectivity index (χ3n) is 10.3. The Morgan fingerprint density at radius 1 is 0.902 bits per heavy atom. The van der Waals surface area contributed by atoms with Crippen molar-refractivity contribution in [2.45, 2.75) is 78.0 Å². The van der Waals surface area contributed by atoms with Gasteiger partial charge in [0.2, 0.25) is 17.7 Å². The first-order valence-corrected chi connectivity index (χ1v) is 19.3. The number of amides is 4. The maximum absolute atomic E-state index is 14.0. The second-order valence-corrected chi connectivity index (χ2v) is 17.1. The smallest absolute Gasteiger partial charge is 0.254 e.